The number of ether oxygens (including phenoxy) is 1. The Kier molecular flexibility index (Phi) is 3.82. The monoisotopic (exact) mass is 338 g/mol. The number of anilines is 1. The number of amides is 2. The van der Waals surface area contributed by atoms with Gasteiger partial charge in [-0.2, -0.15) is 0 Å². The number of aryl methyl sites for hydroxylation is 2. The Morgan fingerprint density at radius 3 is 2.92 bits per heavy atom. The summed E-state index contributed by atoms with van der Waals surface area (Å²) in [6, 6.07) is 5.91. The molecule has 2 aliphatic rings. The van der Waals surface area contributed by atoms with Crippen molar-refractivity contribution in [2.45, 2.75) is 45.2 Å². The van der Waals surface area contributed by atoms with E-state index in [9.17, 15) is 4.79 Å². The van der Waals surface area contributed by atoms with Gasteiger partial charge in [0.15, 0.2) is 0 Å². The van der Waals surface area contributed by atoms with Gasteiger partial charge in [-0.05, 0) is 50.5 Å². The number of fused-ring (bicyclic) bond motifs is 4. The Bertz CT molecular complexity index is 836. The Hall–Kier alpha value is -2.63. The van der Waals surface area contributed by atoms with Gasteiger partial charge in [-0.15, -0.1) is 0 Å². The van der Waals surface area contributed by atoms with E-state index in [2.05, 4.69) is 15.3 Å². The van der Waals surface area contributed by atoms with E-state index >= 15 is 0 Å². The van der Waals surface area contributed by atoms with Crippen molar-refractivity contribution in [1.29, 1.82) is 0 Å². The third kappa shape index (κ3) is 2.71. The maximum Gasteiger partial charge on any atom is 0.322 e. The number of methoxy groups -OCH3 is 1. The first-order valence-electron chi connectivity index (χ1n) is 8.63. The Morgan fingerprint density at radius 1 is 1.32 bits per heavy atom. The summed E-state index contributed by atoms with van der Waals surface area (Å²) >= 11 is 0. The topological polar surface area (TPSA) is 67.3 Å². The summed E-state index contributed by atoms with van der Waals surface area (Å²) in [6.07, 6.45) is 4.68. The van der Waals surface area contributed by atoms with Gasteiger partial charge in [-0.25, -0.2) is 14.8 Å². The second kappa shape index (κ2) is 6.02. The van der Waals surface area contributed by atoms with Crippen molar-refractivity contribution in [2.75, 3.05) is 12.4 Å². The van der Waals surface area contributed by atoms with Crippen molar-refractivity contribution in [1.82, 2.24) is 14.9 Å². The van der Waals surface area contributed by atoms with E-state index in [1.165, 1.54) is 0 Å². The molecule has 2 aliphatic heterocycles. The second-order valence-corrected chi connectivity index (χ2v) is 6.79. The van der Waals surface area contributed by atoms with Gasteiger partial charge in [0.1, 0.15) is 11.6 Å². The molecular formula is C19H22N4O2. The average molecular weight is 338 g/mol. The summed E-state index contributed by atoms with van der Waals surface area (Å²) in [4.78, 5) is 23.9. The number of urea groups is 1. The minimum absolute atomic E-state index is 0.0491. The third-order valence-corrected chi connectivity index (χ3v) is 5.22. The number of rotatable bonds is 2. The summed E-state index contributed by atoms with van der Waals surface area (Å²) in [6.45, 7) is 3.88. The van der Waals surface area contributed by atoms with Gasteiger partial charge in [-0.3, -0.25) is 0 Å². The summed E-state index contributed by atoms with van der Waals surface area (Å²) < 4.78 is 5.23. The zero-order valence-corrected chi connectivity index (χ0v) is 14.7. The predicted molar refractivity (Wildman–Crippen MR) is 94.8 cm³/mol. The van der Waals surface area contributed by atoms with Crippen LogP contribution in [0.1, 0.15) is 41.5 Å². The van der Waals surface area contributed by atoms with Gasteiger partial charge in [0.25, 0.3) is 0 Å². The number of benzene rings is 1. The van der Waals surface area contributed by atoms with E-state index in [1.807, 2.05) is 43.1 Å². The Labute approximate surface area is 147 Å². The van der Waals surface area contributed by atoms with Crippen molar-refractivity contribution in [3.8, 4) is 5.75 Å². The summed E-state index contributed by atoms with van der Waals surface area (Å²) in [7, 11) is 1.64. The lowest BCUT2D eigenvalue weighted by Gasteiger charge is -2.35. The zero-order valence-electron chi connectivity index (χ0n) is 14.7. The fraction of sp³-hybridized carbons (Fsp3) is 0.421. The standard InChI is InChI=1S/C19H22N4O2/c1-11-8-14(25-3)5-6-16(11)22-19(24)23-13-4-7-18(23)15-10-20-12(2)21-17(15)9-13/h5-6,8,10,13,18H,4,7,9H2,1-3H3,(H,22,24). The number of aromatic nitrogens is 2. The number of nitrogens with one attached hydrogen (secondary N) is 1. The molecule has 1 aromatic carbocycles. The minimum Gasteiger partial charge on any atom is -0.497 e. The molecule has 0 aliphatic carbocycles. The number of nitrogens with zero attached hydrogens (tertiary/aromatic N) is 3. The molecule has 2 bridgehead atoms. The SMILES string of the molecule is COc1ccc(NC(=O)N2C3CCC2c2cnc(C)nc2C3)c(C)c1. The zero-order chi connectivity index (χ0) is 17.6. The van der Waals surface area contributed by atoms with Gasteiger partial charge in [0.05, 0.1) is 18.8 Å². The lowest BCUT2D eigenvalue weighted by atomic mass is 9.99. The summed E-state index contributed by atoms with van der Waals surface area (Å²) in [5.74, 6) is 1.58. The molecule has 2 unspecified atom stereocenters. The average Bonchev–Trinajstić information content (AvgIpc) is 2.91. The molecule has 25 heavy (non-hydrogen) atoms. The van der Waals surface area contributed by atoms with Crippen molar-refractivity contribution < 1.29 is 9.53 Å². The fourth-order valence-electron chi connectivity index (χ4n) is 3.97. The van der Waals surface area contributed by atoms with Gasteiger partial charge in [0.2, 0.25) is 0 Å². The number of hydrogen-bond donors (Lipinski definition) is 1. The molecular weight excluding hydrogens is 316 g/mol. The van der Waals surface area contributed by atoms with Crippen LogP contribution in [-0.4, -0.2) is 34.1 Å². The first-order valence-corrected chi connectivity index (χ1v) is 8.63. The van der Waals surface area contributed by atoms with Crippen LogP contribution in [0.2, 0.25) is 0 Å². The molecule has 1 aromatic heterocycles. The summed E-state index contributed by atoms with van der Waals surface area (Å²) in [5, 5.41) is 3.06. The maximum atomic E-state index is 13.0. The minimum atomic E-state index is -0.0491. The van der Waals surface area contributed by atoms with E-state index in [1.54, 1.807) is 7.11 Å². The first kappa shape index (κ1) is 15.9. The second-order valence-electron chi connectivity index (χ2n) is 6.79. The van der Waals surface area contributed by atoms with Crippen molar-refractivity contribution in [3.05, 3.63) is 47.0 Å². The highest BCUT2D eigenvalue weighted by molar-refractivity contribution is 5.91. The summed E-state index contributed by atoms with van der Waals surface area (Å²) in [5.41, 5.74) is 4.00. The lowest BCUT2D eigenvalue weighted by molar-refractivity contribution is 0.178. The van der Waals surface area contributed by atoms with Crippen LogP contribution < -0.4 is 10.1 Å². The Morgan fingerprint density at radius 2 is 2.16 bits per heavy atom. The molecule has 130 valence electrons. The van der Waals surface area contributed by atoms with Gasteiger partial charge < -0.3 is 15.0 Å². The van der Waals surface area contributed by atoms with Gasteiger partial charge >= 0.3 is 6.03 Å². The molecule has 1 saturated heterocycles. The molecule has 0 saturated carbocycles. The molecule has 2 atom stereocenters. The van der Waals surface area contributed by atoms with Crippen molar-refractivity contribution >= 4 is 11.7 Å². The fourth-order valence-corrected chi connectivity index (χ4v) is 3.97. The molecule has 4 rings (SSSR count). The van der Waals surface area contributed by atoms with Crippen LogP contribution in [0.15, 0.2) is 24.4 Å². The molecule has 2 aromatic rings. The maximum absolute atomic E-state index is 13.0. The van der Waals surface area contributed by atoms with E-state index < -0.39 is 0 Å². The Balaban J connectivity index is 1.58. The molecule has 1 N–H and O–H groups in total. The number of hydrogen-bond acceptors (Lipinski definition) is 4. The van der Waals surface area contributed by atoms with Crippen LogP contribution in [-0.2, 0) is 6.42 Å². The highest BCUT2D eigenvalue weighted by Gasteiger charge is 2.43. The van der Waals surface area contributed by atoms with Crippen molar-refractivity contribution in [2.24, 2.45) is 0 Å². The molecule has 3 heterocycles. The van der Waals surface area contributed by atoms with E-state index in [0.717, 1.165) is 53.3 Å². The molecule has 0 spiro atoms. The number of carbonyl (C=O) groups is 1. The van der Waals surface area contributed by atoms with E-state index in [-0.39, 0.29) is 18.1 Å². The molecule has 6 nitrogen and oxygen atoms in total. The van der Waals surface area contributed by atoms with Crippen molar-refractivity contribution in [3.63, 3.8) is 0 Å². The van der Waals surface area contributed by atoms with Crippen LogP contribution in [0, 0.1) is 13.8 Å². The quantitative estimate of drug-likeness (QED) is 0.911. The predicted octanol–water partition coefficient (Wildman–Crippen LogP) is 3.40. The number of carbonyl (C=O) groups excluding carboxylic acids is 1. The van der Waals surface area contributed by atoms with Gasteiger partial charge in [0, 0.05) is 29.9 Å². The van der Waals surface area contributed by atoms with Crippen LogP contribution in [0.3, 0.4) is 0 Å². The van der Waals surface area contributed by atoms with Gasteiger partial charge in [-0.1, -0.05) is 0 Å². The highest BCUT2D eigenvalue weighted by atomic mass is 16.5. The molecule has 6 heteroatoms. The van der Waals surface area contributed by atoms with Crippen LogP contribution in [0.25, 0.3) is 0 Å². The van der Waals surface area contributed by atoms with E-state index in [4.69, 9.17) is 4.74 Å². The molecule has 2 amide bonds. The van der Waals surface area contributed by atoms with Crippen LogP contribution in [0.4, 0.5) is 10.5 Å². The lowest BCUT2D eigenvalue weighted by Crippen LogP contribution is -2.44. The third-order valence-electron chi connectivity index (χ3n) is 5.22. The molecule has 1 fully saturated rings. The van der Waals surface area contributed by atoms with E-state index in [0.29, 0.717) is 0 Å². The molecule has 0 radical (unpaired) electrons. The first-order chi connectivity index (χ1) is 12.1. The normalized spacial score (nSPS) is 21.0. The van der Waals surface area contributed by atoms with Crippen LogP contribution >= 0.6 is 0 Å². The van der Waals surface area contributed by atoms with Crippen LogP contribution in [0.5, 0.6) is 5.75 Å². The smallest absolute Gasteiger partial charge is 0.322 e. The highest BCUT2D eigenvalue weighted by Crippen LogP contribution is 2.43. The largest absolute Gasteiger partial charge is 0.497 e.